The third kappa shape index (κ3) is 5.09. The van der Waals surface area contributed by atoms with Crippen molar-refractivity contribution in [2.24, 2.45) is 0 Å². The number of carbonyl (C=O) groups is 1. The van der Waals surface area contributed by atoms with Crippen molar-refractivity contribution in [2.75, 3.05) is 11.9 Å². The minimum atomic E-state index is -0.418. The zero-order chi connectivity index (χ0) is 23.4. The van der Waals surface area contributed by atoms with Gasteiger partial charge in [0.15, 0.2) is 0 Å². The van der Waals surface area contributed by atoms with Gasteiger partial charge in [-0.3, -0.25) is 0 Å². The maximum atomic E-state index is 13.0. The standard InChI is InChI=1S/C25H27ClN4O2S/c1-4-14-32-23(31)21-16(3)27-24-28-25(33-15-19-8-6-7-9-20(19)26)29-30(24)22(21)18-12-10-17(5-2)11-13-18/h6-13,22H,4-5,14-15H2,1-3H3,(H,27,28,29). The van der Waals surface area contributed by atoms with Crippen LogP contribution in [-0.2, 0) is 21.7 Å². The third-order valence-corrected chi connectivity index (χ3v) is 6.76. The molecule has 0 bridgehead atoms. The fraction of sp³-hybridized carbons (Fsp3) is 0.320. The Morgan fingerprint density at radius 2 is 1.94 bits per heavy atom. The molecule has 172 valence electrons. The van der Waals surface area contributed by atoms with E-state index in [4.69, 9.17) is 21.4 Å². The van der Waals surface area contributed by atoms with E-state index in [2.05, 4.69) is 41.5 Å². The van der Waals surface area contributed by atoms with Gasteiger partial charge >= 0.3 is 5.97 Å². The van der Waals surface area contributed by atoms with E-state index < -0.39 is 6.04 Å². The number of thioether (sulfide) groups is 1. The van der Waals surface area contributed by atoms with Gasteiger partial charge in [-0.05, 0) is 42.5 Å². The lowest BCUT2D eigenvalue weighted by Gasteiger charge is -2.28. The quantitative estimate of drug-likeness (QED) is 0.312. The first-order valence-electron chi connectivity index (χ1n) is 11.1. The number of aromatic nitrogens is 3. The van der Waals surface area contributed by atoms with Crippen LogP contribution in [0.25, 0.3) is 0 Å². The summed E-state index contributed by atoms with van der Waals surface area (Å²) in [4.78, 5) is 17.7. The second kappa shape index (κ2) is 10.4. The first-order chi connectivity index (χ1) is 16.0. The van der Waals surface area contributed by atoms with Crippen LogP contribution in [0.2, 0.25) is 5.02 Å². The average Bonchev–Trinajstić information content (AvgIpc) is 3.23. The summed E-state index contributed by atoms with van der Waals surface area (Å²) in [6.07, 6.45) is 1.71. The van der Waals surface area contributed by atoms with E-state index in [1.54, 1.807) is 4.68 Å². The molecule has 3 aromatic rings. The zero-order valence-corrected chi connectivity index (χ0v) is 20.5. The number of esters is 1. The maximum absolute atomic E-state index is 13.0. The van der Waals surface area contributed by atoms with Crippen molar-refractivity contribution in [2.45, 2.75) is 50.6 Å². The van der Waals surface area contributed by atoms with Crippen LogP contribution in [0.5, 0.6) is 0 Å². The van der Waals surface area contributed by atoms with Gasteiger partial charge in [-0.15, -0.1) is 5.10 Å². The highest BCUT2D eigenvalue weighted by molar-refractivity contribution is 7.98. The van der Waals surface area contributed by atoms with Crippen molar-refractivity contribution in [3.63, 3.8) is 0 Å². The second-order valence-electron chi connectivity index (χ2n) is 7.84. The van der Waals surface area contributed by atoms with Crippen LogP contribution in [0.4, 0.5) is 5.95 Å². The normalized spacial score (nSPS) is 15.2. The number of halogens is 1. The van der Waals surface area contributed by atoms with Gasteiger partial charge in [-0.25, -0.2) is 9.48 Å². The van der Waals surface area contributed by atoms with Crippen molar-refractivity contribution in [1.29, 1.82) is 0 Å². The predicted molar refractivity (Wildman–Crippen MR) is 133 cm³/mol. The Bertz CT molecular complexity index is 1170. The number of carbonyl (C=O) groups excluding carboxylic acids is 1. The Hall–Kier alpha value is -2.77. The molecule has 0 aliphatic carbocycles. The molecule has 4 rings (SSSR count). The van der Waals surface area contributed by atoms with E-state index in [1.165, 1.54) is 17.3 Å². The number of nitrogens with zero attached hydrogens (tertiary/aromatic N) is 3. The van der Waals surface area contributed by atoms with Crippen LogP contribution in [-0.4, -0.2) is 27.3 Å². The molecule has 6 nitrogen and oxygen atoms in total. The van der Waals surface area contributed by atoms with Gasteiger partial charge in [-0.2, -0.15) is 4.98 Å². The molecule has 1 unspecified atom stereocenters. The summed E-state index contributed by atoms with van der Waals surface area (Å²) in [5.41, 5.74) is 4.49. The smallest absolute Gasteiger partial charge is 0.338 e. The number of fused-ring (bicyclic) bond motifs is 1. The molecule has 1 aliphatic rings. The molecule has 2 aromatic carbocycles. The highest BCUT2D eigenvalue weighted by atomic mass is 35.5. The largest absolute Gasteiger partial charge is 0.462 e. The van der Waals surface area contributed by atoms with E-state index in [9.17, 15) is 4.79 Å². The highest BCUT2D eigenvalue weighted by Gasteiger charge is 2.35. The van der Waals surface area contributed by atoms with Crippen LogP contribution in [0.1, 0.15) is 49.9 Å². The topological polar surface area (TPSA) is 69.0 Å². The van der Waals surface area contributed by atoms with Crippen LogP contribution < -0.4 is 5.32 Å². The Morgan fingerprint density at radius 3 is 2.64 bits per heavy atom. The van der Waals surface area contributed by atoms with Crippen LogP contribution >= 0.6 is 23.4 Å². The molecule has 0 saturated heterocycles. The number of benzene rings is 2. The molecule has 0 amide bonds. The van der Waals surface area contributed by atoms with Gasteiger partial charge in [0.2, 0.25) is 11.1 Å². The summed E-state index contributed by atoms with van der Waals surface area (Å²) in [6, 6.07) is 15.6. The molecule has 1 aliphatic heterocycles. The van der Waals surface area contributed by atoms with Crippen molar-refractivity contribution < 1.29 is 9.53 Å². The summed E-state index contributed by atoms with van der Waals surface area (Å²) in [5.74, 6) is 0.917. The van der Waals surface area contributed by atoms with Crippen molar-refractivity contribution in [3.8, 4) is 0 Å². The second-order valence-corrected chi connectivity index (χ2v) is 9.19. The van der Waals surface area contributed by atoms with Gasteiger partial charge in [0.1, 0.15) is 6.04 Å². The highest BCUT2D eigenvalue weighted by Crippen LogP contribution is 2.37. The Kier molecular flexibility index (Phi) is 7.40. The van der Waals surface area contributed by atoms with Gasteiger partial charge in [0, 0.05) is 16.5 Å². The maximum Gasteiger partial charge on any atom is 0.338 e. The molecule has 8 heteroatoms. The van der Waals surface area contributed by atoms with E-state index in [1.807, 2.05) is 38.1 Å². The molecule has 0 fully saturated rings. The van der Waals surface area contributed by atoms with Crippen LogP contribution in [0, 0.1) is 0 Å². The summed E-state index contributed by atoms with van der Waals surface area (Å²) < 4.78 is 7.30. The molecular weight excluding hydrogens is 456 g/mol. The Morgan fingerprint density at radius 1 is 1.18 bits per heavy atom. The molecule has 0 radical (unpaired) electrons. The Balaban J connectivity index is 1.68. The lowest BCUT2D eigenvalue weighted by Crippen LogP contribution is -2.29. The van der Waals surface area contributed by atoms with Gasteiger partial charge in [0.05, 0.1) is 12.2 Å². The number of nitrogens with one attached hydrogen (secondary N) is 1. The summed E-state index contributed by atoms with van der Waals surface area (Å²) in [5, 5.41) is 9.35. The van der Waals surface area contributed by atoms with Crippen LogP contribution in [0.3, 0.4) is 0 Å². The third-order valence-electron chi connectivity index (χ3n) is 5.51. The minimum Gasteiger partial charge on any atom is -0.462 e. The molecule has 1 aromatic heterocycles. The fourth-order valence-corrected chi connectivity index (χ4v) is 4.85. The monoisotopic (exact) mass is 482 g/mol. The molecule has 1 N–H and O–H groups in total. The molecule has 0 spiro atoms. The van der Waals surface area contributed by atoms with Gasteiger partial charge in [0.25, 0.3) is 0 Å². The predicted octanol–water partition coefficient (Wildman–Crippen LogP) is 6.03. The number of ether oxygens (including phenoxy) is 1. The molecule has 2 heterocycles. The molecule has 1 atom stereocenters. The van der Waals surface area contributed by atoms with Crippen LogP contribution in [0.15, 0.2) is 65.0 Å². The first-order valence-corrected chi connectivity index (χ1v) is 12.4. The van der Waals surface area contributed by atoms with E-state index >= 15 is 0 Å². The minimum absolute atomic E-state index is 0.335. The molecule has 33 heavy (non-hydrogen) atoms. The lowest BCUT2D eigenvalue weighted by molar-refractivity contribution is -0.139. The molecule has 0 saturated carbocycles. The number of hydrogen-bond acceptors (Lipinski definition) is 6. The van der Waals surface area contributed by atoms with E-state index in [-0.39, 0.29) is 5.97 Å². The summed E-state index contributed by atoms with van der Waals surface area (Å²) in [7, 11) is 0. The number of anilines is 1. The lowest BCUT2D eigenvalue weighted by atomic mass is 9.95. The number of allylic oxidation sites excluding steroid dienone is 1. The Labute approximate surface area is 203 Å². The number of hydrogen-bond donors (Lipinski definition) is 1. The zero-order valence-electron chi connectivity index (χ0n) is 19.0. The fourth-order valence-electron chi connectivity index (χ4n) is 3.73. The van der Waals surface area contributed by atoms with Gasteiger partial charge < -0.3 is 10.1 Å². The van der Waals surface area contributed by atoms with Crippen molar-refractivity contribution in [1.82, 2.24) is 14.8 Å². The molecular formula is C25H27ClN4O2S. The number of rotatable bonds is 8. The average molecular weight is 483 g/mol. The van der Waals surface area contributed by atoms with Crippen molar-refractivity contribution in [3.05, 3.63) is 81.5 Å². The van der Waals surface area contributed by atoms with E-state index in [0.29, 0.717) is 29.0 Å². The van der Waals surface area contributed by atoms with Crippen molar-refractivity contribution >= 4 is 35.3 Å². The summed E-state index contributed by atoms with van der Waals surface area (Å²) in [6.45, 7) is 6.35. The van der Waals surface area contributed by atoms with Gasteiger partial charge in [-0.1, -0.05) is 79.7 Å². The first kappa shape index (κ1) is 23.4. The SMILES string of the molecule is CCCOC(=O)C1=C(C)Nc2nc(SCc3ccccc3Cl)nn2C1c1ccc(CC)cc1. The summed E-state index contributed by atoms with van der Waals surface area (Å²) >= 11 is 7.81. The van der Waals surface area contributed by atoms with E-state index in [0.717, 1.165) is 34.7 Å². The number of aryl methyl sites for hydroxylation is 1.